The van der Waals surface area contributed by atoms with Crippen LogP contribution < -0.4 is 14.8 Å². The third kappa shape index (κ3) is 2.67. The minimum atomic E-state index is -0.599. The fourth-order valence-electron chi connectivity index (χ4n) is 3.04. The molecule has 0 radical (unpaired) electrons. The van der Waals surface area contributed by atoms with Crippen molar-refractivity contribution < 1.29 is 14.6 Å². The zero-order valence-corrected chi connectivity index (χ0v) is 12.9. The normalized spacial score (nSPS) is 18.4. The van der Waals surface area contributed by atoms with E-state index in [1.54, 1.807) is 14.2 Å². The summed E-state index contributed by atoms with van der Waals surface area (Å²) in [5.74, 6) is 1.42. The number of ether oxygens (including phenoxy) is 2. The Hall–Kier alpha value is -2.04. The van der Waals surface area contributed by atoms with Crippen LogP contribution in [0, 0.1) is 0 Å². The van der Waals surface area contributed by atoms with Crippen LogP contribution in [0.25, 0.3) is 0 Å². The van der Waals surface area contributed by atoms with Crippen LogP contribution in [0.5, 0.6) is 11.5 Å². The van der Waals surface area contributed by atoms with E-state index in [-0.39, 0.29) is 6.04 Å². The van der Waals surface area contributed by atoms with Crippen molar-refractivity contribution in [3.05, 3.63) is 59.2 Å². The van der Waals surface area contributed by atoms with E-state index in [9.17, 15) is 5.11 Å². The van der Waals surface area contributed by atoms with Gasteiger partial charge in [-0.25, -0.2) is 0 Å². The molecule has 1 aliphatic rings. The van der Waals surface area contributed by atoms with Crippen molar-refractivity contribution in [3.63, 3.8) is 0 Å². The van der Waals surface area contributed by atoms with Crippen molar-refractivity contribution >= 4 is 0 Å². The SMILES string of the molecule is COc1cc2c(cc1OC)[C@@H]([C@H](O)c1ccccc1)NCC2. The van der Waals surface area contributed by atoms with Crippen LogP contribution in [0.2, 0.25) is 0 Å². The van der Waals surface area contributed by atoms with Gasteiger partial charge in [0.1, 0.15) is 0 Å². The molecule has 4 nitrogen and oxygen atoms in total. The van der Waals surface area contributed by atoms with Gasteiger partial charge in [0.05, 0.1) is 26.4 Å². The molecule has 2 N–H and O–H groups in total. The summed E-state index contributed by atoms with van der Waals surface area (Å²) in [6, 6.07) is 13.6. The van der Waals surface area contributed by atoms with Crippen LogP contribution in [0.3, 0.4) is 0 Å². The number of hydrogen-bond donors (Lipinski definition) is 2. The largest absolute Gasteiger partial charge is 0.493 e. The first-order valence-electron chi connectivity index (χ1n) is 7.45. The van der Waals surface area contributed by atoms with Crippen LogP contribution in [-0.2, 0) is 6.42 Å². The second-order valence-corrected chi connectivity index (χ2v) is 5.44. The van der Waals surface area contributed by atoms with Gasteiger partial charge in [-0.2, -0.15) is 0 Å². The summed E-state index contributed by atoms with van der Waals surface area (Å²) in [4.78, 5) is 0. The van der Waals surface area contributed by atoms with Crippen molar-refractivity contribution in [3.8, 4) is 11.5 Å². The topological polar surface area (TPSA) is 50.7 Å². The van der Waals surface area contributed by atoms with E-state index < -0.39 is 6.10 Å². The van der Waals surface area contributed by atoms with E-state index in [4.69, 9.17) is 9.47 Å². The zero-order valence-electron chi connectivity index (χ0n) is 12.9. The number of methoxy groups -OCH3 is 2. The molecule has 4 heteroatoms. The maximum Gasteiger partial charge on any atom is 0.161 e. The lowest BCUT2D eigenvalue weighted by molar-refractivity contribution is 0.125. The molecule has 0 fully saturated rings. The molecule has 1 aliphatic heterocycles. The average Bonchev–Trinajstić information content (AvgIpc) is 2.60. The number of hydrogen-bond acceptors (Lipinski definition) is 4. The van der Waals surface area contributed by atoms with Gasteiger partial charge in [-0.05, 0) is 41.8 Å². The molecule has 2 aromatic rings. The molecule has 0 saturated carbocycles. The molecule has 1 heterocycles. The number of aliphatic hydroxyl groups excluding tert-OH is 1. The lowest BCUT2D eigenvalue weighted by atomic mass is 9.88. The van der Waals surface area contributed by atoms with Gasteiger partial charge in [0, 0.05) is 0 Å². The Morgan fingerprint density at radius 3 is 2.45 bits per heavy atom. The third-order valence-corrected chi connectivity index (χ3v) is 4.20. The first kappa shape index (κ1) is 14.9. The molecule has 22 heavy (non-hydrogen) atoms. The van der Waals surface area contributed by atoms with E-state index >= 15 is 0 Å². The second kappa shape index (κ2) is 6.38. The third-order valence-electron chi connectivity index (χ3n) is 4.20. The molecule has 0 aromatic heterocycles. The molecule has 3 rings (SSSR count). The van der Waals surface area contributed by atoms with E-state index in [0.717, 1.165) is 29.8 Å². The number of aliphatic hydroxyl groups is 1. The molecule has 2 aromatic carbocycles. The van der Waals surface area contributed by atoms with Crippen LogP contribution in [-0.4, -0.2) is 25.9 Å². The lowest BCUT2D eigenvalue weighted by Gasteiger charge is -2.31. The van der Waals surface area contributed by atoms with Crippen molar-refractivity contribution in [1.29, 1.82) is 0 Å². The van der Waals surface area contributed by atoms with Crippen LogP contribution in [0.4, 0.5) is 0 Å². The molecule has 0 saturated heterocycles. The molecular weight excluding hydrogens is 278 g/mol. The molecule has 0 bridgehead atoms. The van der Waals surface area contributed by atoms with Gasteiger partial charge in [-0.3, -0.25) is 0 Å². The molecular formula is C18H21NO3. The number of benzene rings is 2. The summed E-state index contributed by atoms with van der Waals surface area (Å²) in [6.07, 6.45) is 0.312. The molecule has 2 atom stereocenters. The Kier molecular flexibility index (Phi) is 4.32. The Bertz CT molecular complexity index is 642. The summed E-state index contributed by atoms with van der Waals surface area (Å²) in [7, 11) is 3.27. The number of fused-ring (bicyclic) bond motifs is 1. The average molecular weight is 299 g/mol. The van der Waals surface area contributed by atoms with Gasteiger partial charge >= 0.3 is 0 Å². The van der Waals surface area contributed by atoms with Crippen molar-refractivity contribution in [1.82, 2.24) is 5.32 Å². The predicted molar refractivity (Wildman–Crippen MR) is 85.4 cm³/mol. The monoisotopic (exact) mass is 299 g/mol. The number of nitrogens with one attached hydrogen (secondary N) is 1. The lowest BCUT2D eigenvalue weighted by Crippen LogP contribution is -2.34. The smallest absolute Gasteiger partial charge is 0.161 e. The first-order chi connectivity index (χ1) is 10.7. The first-order valence-corrected chi connectivity index (χ1v) is 7.45. The molecule has 0 unspecified atom stereocenters. The van der Waals surface area contributed by atoms with Gasteiger partial charge in [0.15, 0.2) is 11.5 Å². The van der Waals surface area contributed by atoms with E-state index in [1.807, 2.05) is 42.5 Å². The van der Waals surface area contributed by atoms with Crippen molar-refractivity contribution in [2.45, 2.75) is 18.6 Å². The zero-order chi connectivity index (χ0) is 15.5. The van der Waals surface area contributed by atoms with Crippen molar-refractivity contribution in [2.75, 3.05) is 20.8 Å². The molecule has 0 amide bonds. The second-order valence-electron chi connectivity index (χ2n) is 5.44. The highest BCUT2D eigenvalue weighted by Crippen LogP contribution is 2.39. The van der Waals surface area contributed by atoms with Gasteiger partial charge in [0.2, 0.25) is 0 Å². The summed E-state index contributed by atoms with van der Waals surface area (Å²) in [6.45, 7) is 0.830. The van der Waals surface area contributed by atoms with Gasteiger partial charge < -0.3 is 19.9 Å². The Labute approximate surface area is 130 Å². The maximum atomic E-state index is 10.7. The molecule has 116 valence electrons. The highest BCUT2D eigenvalue weighted by Gasteiger charge is 2.28. The Balaban J connectivity index is 2.00. The molecule has 0 spiro atoms. The Morgan fingerprint density at radius 2 is 1.77 bits per heavy atom. The van der Waals surface area contributed by atoms with E-state index in [0.29, 0.717) is 5.75 Å². The van der Waals surface area contributed by atoms with Crippen LogP contribution >= 0.6 is 0 Å². The molecule has 0 aliphatic carbocycles. The fourth-order valence-corrected chi connectivity index (χ4v) is 3.04. The van der Waals surface area contributed by atoms with Crippen molar-refractivity contribution in [2.24, 2.45) is 0 Å². The quantitative estimate of drug-likeness (QED) is 0.911. The standard InChI is InChI=1S/C18H21NO3/c1-21-15-10-13-8-9-19-17(14(13)11-16(15)22-2)18(20)12-6-4-3-5-7-12/h3-7,10-11,17-20H,8-9H2,1-2H3/t17-,18+/m0/s1. The van der Waals surface area contributed by atoms with Gasteiger partial charge in [-0.1, -0.05) is 30.3 Å². The Morgan fingerprint density at radius 1 is 1.09 bits per heavy atom. The van der Waals surface area contributed by atoms with Gasteiger partial charge in [-0.15, -0.1) is 0 Å². The minimum absolute atomic E-state index is 0.147. The summed E-state index contributed by atoms with van der Waals surface area (Å²) in [5.41, 5.74) is 3.17. The van der Waals surface area contributed by atoms with Gasteiger partial charge in [0.25, 0.3) is 0 Å². The minimum Gasteiger partial charge on any atom is -0.493 e. The van der Waals surface area contributed by atoms with E-state index in [1.165, 1.54) is 5.56 Å². The number of rotatable bonds is 4. The predicted octanol–water partition coefficient (Wildman–Crippen LogP) is 2.62. The van der Waals surface area contributed by atoms with Crippen LogP contribution in [0.15, 0.2) is 42.5 Å². The summed E-state index contributed by atoms with van der Waals surface area (Å²) >= 11 is 0. The highest BCUT2D eigenvalue weighted by atomic mass is 16.5. The summed E-state index contributed by atoms with van der Waals surface area (Å²) < 4.78 is 10.8. The highest BCUT2D eigenvalue weighted by molar-refractivity contribution is 5.50. The fraction of sp³-hybridized carbons (Fsp3) is 0.333. The summed E-state index contributed by atoms with van der Waals surface area (Å²) in [5, 5.41) is 14.2. The van der Waals surface area contributed by atoms with E-state index in [2.05, 4.69) is 5.32 Å². The maximum absolute atomic E-state index is 10.7. The van der Waals surface area contributed by atoms with Crippen LogP contribution in [0.1, 0.15) is 28.8 Å².